The molecule has 4 rings (SSSR count). The van der Waals surface area contributed by atoms with Gasteiger partial charge in [0.25, 0.3) is 0 Å². The number of rotatable bonds is 3. The first-order valence-corrected chi connectivity index (χ1v) is 11.1. The van der Waals surface area contributed by atoms with Crippen LogP contribution in [0.1, 0.15) is 18.4 Å². The molecule has 0 amide bonds. The molecular weight excluding hydrogens is 528 g/mol. The van der Waals surface area contributed by atoms with Crippen LogP contribution >= 0.6 is 0 Å². The van der Waals surface area contributed by atoms with Crippen molar-refractivity contribution in [1.82, 2.24) is 19.9 Å². The summed E-state index contributed by atoms with van der Waals surface area (Å²) in [5, 5.41) is 14.2. The van der Waals surface area contributed by atoms with E-state index in [9.17, 15) is 26.3 Å². The second kappa shape index (κ2) is 13.3. The molecule has 2 N–H and O–H groups in total. The van der Waals surface area contributed by atoms with E-state index >= 15 is 0 Å². The van der Waals surface area contributed by atoms with Gasteiger partial charge in [-0.15, -0.1) is 0 Å². The van der Waals surface area contributed by atoms with Gasteiger partial charge in [0, 0.05) is 51.0 Å². The summed E-state index contributed by atoms with van der Waals surface area (Å²) < 4.78 is 69.7. The largest absolute Gasteiger partial charge is 0.490 e. The van der Waals surface area contributed by atoms with Gasteiger partial charge in [-0.05, 0) is 30.5 Å². The maximum atomic E-state index is 10.6. The molecule has 4 heterocycles. The molecule has 2 aliphatic heterocycles. The zero-order valence-corrected chi connectivity index (χ0v) is 19.8. The molecule has 1 spiro atoms. The Labute approximate surface area is 212 Å². The Kier molecular flexibility index (Phi) is 10.8. The number of hydrogen-bond donors (Lipinski definition) is 2. The van der Waals surface area contributed by atoms with Crippen molar-refractivity contribution < 1.29 is 50.9 Å². The van der Waals surface area contributed by atoms with E-state index in [1.54, 1.807) is 12.4 Å². The summed E-state index contributed by atoms with van der Waals surface area (Å²) in [6.45, 7) is 5.58. The molecule has 10 nitrogen and oxygen atoms in total. The maximum absolute atomic E-state index is 10.6. The topological polar surface area (TPSA) is 129 Å². The summed E-state index contributed by atoms with van der Waals surface area (Å²) in [6.07, 6.45) is -0.671. The Morgan fingerprint density at radius 1 is 0.921 bits per heavy atom. The second-order valence-corrected chi connectivity index (χ2v) is 8.25. The minimum absolute atomic E-state index is 0.0527. The summed E-state index contributed by atoms with van der Waals surface area (Å²) in [7, 11) is 0. The van der Waals surface area contributed by atoms with E-state index < -0.39 is 24.3 Å². The number of carbonyl (C=O) groups is 2. The van der Waals surface area contributed by atoms with Crippen LogP contribution < -0.4 is 4.90 Å². The van der Waals surface area contributed by atoms with Gasteiger partial charge in [0.2, 0.25) is 5.95 Å². The van der Waals surface area contributed by atoms with Crippen LogP contribution in [-0.2, 0) is 20.9 Å². The molecule has 210 valence electrons. The number of hydrogen-bond acceptors (Lipinski definition) is 8. The maximum Gasteiger partial charge on any atom is 0.490 e. The number of anilines is 1. The third kappa shape index (κ3) is 10.1. The van der Waals surface area contributed by atoms with Crippen molar-refractivity contribution in [2.24, 2.45) is 0 Å². The third-order valence-electron chi connectivity index (χ3n) is 5.46. The molecule has 2 aromatic heterocycles. The highest BCUT2D eigenvalue weighted by molar-refractivity contribution is 5.73. The zero-order chi connectivity index (χ0) is 28.4. The summed E-state index contributed by atoms with van der Waals surface area (Å²) in [6, 6.07) is 6.00. The van der Waals surface area contributed by atoms with E-state index in [4.69, 9.17) is 24.5 Å². The SMILES string of the molecule is O=C(O)C(F)(F)F.O=C(O)C(F)(F)F.c1cnc(N2CCOC3(CCN(Cc4cccnc4)CC3)C2)nc1. The number of halogens is 6. The number of nitrogens with zero attached hydrogens (tertiary/aromatic N) is 5. The zero-order valence-electron chi connectivity index (χ0n) is 19.8. The van der Waals surface area contributed by atoms with Crippen molar-refractivity contribution in [3.63, 3.8) is 0 Å². The number of alkyl halides is 6. The standard InChI is InChI=1S/C18H23N5O.2C2HF3O2/c1-3-16(13-19-6-1)14-22-9-4-18(5-10-22)15-23(11-12-24-18)17-20-7-2-8-21-17;2*3-2(4,5)1(6)7/h1-3,6-8,13H,4-5,9-12,14-15H2;2*(H,6,7). The Balaban J connectivity index is 0.000000301. The fourth-order valence-corrected chi connectivity index (χ4v) is 3.64. The second-order valence-electron chi connectivity index (χ2n) is 8.25. The number of aliphatic carboxylic acids is 2. The van der Waals surface area contributed by atoms with Crippen LogP contribution in [0.2, 0.25) is 0 Å². The van der Waals surface area contributed by atoms with Gasteiger partial charge in [-0.25, -0.2) is 19.6 Å². The van der Waals surface area contributed by atoms with E-state index in [2.05, 4.69) is 30.8 Å². The highest BCUT2D eigenvalue weighted by Gasteiger charge is 2.40. The van der Waals surface area contributed by atoms with Crippen LogP contribution in [-0.4, -0.2) is 92.7 Å². The molecule has 0 aromatic carbocycles. The fraction of sp³-hybridized carbons (Fsp3) is 0.500. The van der Waals surface area contributed by atoms with Gasteiger partial charge >= 0.3 is 24.3 Å². The van der Waals surface area contributed by atoms with E-state index in [-0.39, 0.29) is 5.60 Å². The van der Waals surface area contributed by atoms with Crippen molar-refractivity contribution in [3.8, 4) is 0 Å². The molecule has 0 radical (unpaired) electrons. The van der Waals surface area contributed by atoms with Gasteiger partial charge in [-0.3, -0.25) is 9.88 Å². The molecule has 2 aliphatic rings. The molecular formula is C22H25F6N5O5. The van der Waals surface area contributed by atoms with Gasteiger partial charge in [0.05, 0.1) is 18.8 Å². The molecule has 16 heteroatoms. The van der Waals surface area contributed by atoms with E-state index in [0.29, 0.717) is 0 Å². The Morgan fingerprint density at radius 3 is 1.95 bits per heavy atom. The molecule has 0 atom stereocenters. The summed E-state index contributed by atoms with van der Waals surface area (Å²) in [4.78, 5) is 35.5. The predicted octanol–water partition coefficient (Wildman–Crippen LogP) is 3.01. The number of piperidine rings is 1. The van der Waals surface area contributed by atoms with Gasteiger partial charge < -0.3 is 19.8 Å². The molecule has 0 unspecified atom stereocenters. The van der Waals surface area contributed by atoms with E-state index in [0.717, 1.165) is 58.1 Å². The van der Waals surface area contributed by atoms with Crippen LogP contribution in [0.25, 0.3) is 0 Å². The number of likely N-dealkylation sites (tertiary alicyclic amines) is 1. The number of carboxylic acids is 2. The molecule has 2 saturated heterocycles. The van der Waals surface area contributed by atoms with Crippen LogP contribution in [0.5, 0.6) is 0 Å². The molecule has 0 aliphatic carbocycles. The van der Waals surface area contributed by atoms with Crippen LogP contribution in [0, 0.1) is 0 Å². The van der Waals surface area contributed by atoms with Crippen molar-refractivity contribution in [2.45, 2.75) is 37.3 Å². The van der Waals surface area contributed by atoms with Crippen LogP contribution in [0.3, 0.4) is 0 Å². The third-order valence-corrected chi connectivity index (χ3v) is 5.46. The number of pyridine rings is 1. The van der Waals surface area contributed by atoms with Crippen molar-refractivity contribution in [1.29, 1.82) is 0 Å². The van der Waals surface area contributed by atoms with Crippen molar-refractivity contribution >= 4 is 17.9 Å². The highest BCUT2D eigenvalue weighted by Crippen LogP contribution is 2.31. The number of aromatic nitrogens is 3. The minimum Gasteiger partial charge on any atom is -0.475 e. The predicted molar refractivity (Wildman–Crippen MR) is 119 cm³/mol. The van der Waals surface area contributed by atoms with Gasteiger partial charge in [-0.1, -0.05) is 6.07 Å². The average Bonchev–Trinajstić information content (AvgIpc) is 2.86. The Bertz CT molecular complexity index is 995. The fourth-order valence-electron chi connectivity index (χ4n) is 3.64. The first kappa shape index (κ1) is 30.7. The molecule has 2 fully saturated rings. The lowest BCUT2D eigenvalue weighted by molar-refractivity contribution is -0.193. The average molecular weight is 553 g/mol. The number of carboxylic acid groups (broad SMARTS) is 2. The monoisotopic (exact) mass is 553 g/mol. The lowest BCUT2D eigenvalue weighted by Crippen LogP contribution is -2.57. The Morgan fingerprint density at radius 2 is 1.47 bits per heavy atom. The van der Waals surface area contributed by atoms with Gasteiger partial charge in [-0.2, -0.15) is 26.3 Å². The highest BCUT2D eigenvalue weighted by atomic mass is 19.4. The first-order chi connectivity index (χ1) is 17.7. The summed E-state index contributed by atoms with van der Waals surface area (Å²) in [5.74, 6) is -4.70. The molecule has 2 aromatic rings. The lowest BCUT2D eigenvalue weighted by atomic mass is 9.89. The Hall–Kier alpha value is -3.53. The van der Waals surface area contributed by atoms with Gasteiger partial charge in [0.1, 0.15) is 0 Å². The molecule has 38 heavy (non-hydrogen) atoms. The van der Waals surface area contributed by atoms with Crippen LogP contribution in [0.15, 0.2) is 43.0 Å². The summed E-state index contributed by atoms with van der Waals surface area (Å²) in [5.41, 5.74) is 1.22. The minimum atomic E-state index is -5.08. The lowest BCUT2D eigenvalue weighted by Gasteiger charge is -2.47. The van der Waals surface area contributed by atoms with E-state index in [1.807, 2.05) is 24.5 Å². The number of ether oxygens (including phenoxy) is 1. The first-order valence-electron chi connectivity index (χ1n) is 11.1. The number of morpholine rings is 1. The van der Waals surface area contributed by atoms with Crippen molar-refractivity contribution in [3.05, 3.63) is 48.5 Å². The molecule has 0 bridgehead atoms. The smallest absolute Gasteiger partial charge is 0.475 e. The molecule has 0 saturated carbocycles. The normalized spacial score (nSPS) is 17.5. The van der Waals surface area contributed by atoms with Crippen molar-refractivity contribution in [2.75, 3.05) is 37.7 Å². The quantitative estimate of drug-likeness (QED) is 0.548. The van der Waals surface area contributed by atoms with Crippen LogP contribution in [0.4, 0.5) is 32.3 Å². The van der Waals surface area contributed by atoms with E-state index in [1.165, 1.54) is 5.56 Å². The summed E-state index contributed by atoms with van der Waals surface area (Å²) >= 11 is 0. The van der Waals surface area contributed by atoms with Gasteiger partial charge in [0.15, 0.2) is 0 Å².